The second-order valence-electron chi connectivity index (χ2n) is 7.82. The number of imidazole rings is 1. The minimum atomic E-state index is -0.250. The van der Waals surface area contributed by atoms with Crippen LogP contribution in [0.4, 0.5) is 10.2 Å². The summed E-state index contributed by atoms with van der Waals surface area (Å²) in [6.07, 6.45) is 7.85. The smallest absolute Gasteiger partial charge is 0.126 e. The first kappa shape index (κ1) is 18.9. The van der Waals surface area contributed by atoms with Crippen LogP contribution in [0.3, 0.4) is 0 Å². The van der Waals surface area contributed by atoms with Gasteiger partial charge in [-0.3, -0.25) is 0 Å². The summed E-state index contributed by atoms with van der Waals surface area (Å²) in [7, 11) is 2.01. The molecular weight excluding hydrogens is 353 g/mol. The van der Waals surface area contributed by atoms with Gasteiger partial charge in [0, 0.05) is 36.8 Å². The molecule has 3 aromatic rings. The van der Waals surface area contributed by atoms with Gasteiger partial charge in [0.05, 0.1) is 18.2 Å². The minimum absolute atomic E-state index is 0.250. The van der Waals surface area contributed by atoms with E-state index < -0.39 is 0 Å². The number of likely N-dealkylation sites (tertiary alicyclic amines) is 1. The summed E-state index contributed by atoms with van der Waals surface area (Å²) in [6, 6.07) is 8.89. The number of nitrogens with zero attached hydrogens (tertiary/aromatic N) is 4. The van der Waals surface area contributed by atoms with E-state index in [2.05, 4.69) is 51.4 Å². The van der Waals surface area contributed by atoms with Crippen LogP contribution in [0.25, 0.3) is 22.0 Å². The van der Waals surface area contributed by atoms with E-state index in [4.69, 9.17) is 0 Å². The van der Waals surface area contributed by atoms with Crippen LogP contribution in [0.1, 0.15) is 19.8 Å². The normalized spacial score (nSPS) is 17.1. The first-order chi connectivity index (χ1) is 13.6. The summed E-state index contributed by atoms with van der Waals surface area (Å²) >= 11 is 0. The van der Waals surface area contributed by atoms with Crippen LogP contribution < -0.4 is 5.32 Å². The molecule has 28 heavy (non-hydrogen) atoms. The van der Waals surface area contributed by atoms with Crippen molar-refractivity contribution in [2.24, 2.45) is 13.0 Å². The van der Waals surface area contributed by atoms with Crippen LogP contribution in [0.2, 0.25) is 0 Å². The largest absolute Gasteiger partial charge is 0.367 e. The molecule has 0 saturated carbocycles. The summed E-state index contributed by atoms with van der Waals surface area (Å²) in [5, 5.41) is 5.89. The van der Waals surface area contributed by atoms with Crippen molar-refractivity contribution in [2.45, 2.75) is 25.8 Å². The Kier molecular flexibility index (Phi) is 5.57. The fourth-order valence-corrected chi connectivity index (χ4v) is 4.16. The Morgan fingerprint density at radius 1 is 1.18 bits per heavy atom. The number of hydrogen-bond donors (Lipinski definition) is 1. The number of piperidine rings is 1. The Balaban J connectivity index is 1.47. The molecule has 1 aliphatic rings. The number of fused-ring (bicyclic) bond motifs is 1. The van der Waals surface area contributed by atoms with Gasteiger partial charge in [-0.1, -0.05) is 12.1 Å². The maximum Gasteiger partial charge on any atom is 0.126 e. The van der Waals surface area contributed by atoms with Gasteiger partial charge in [-0.05, 0) is 56.3 Å². The lowest BCUT2D eigenvalue weighted by atomic mass is 9.90. The molecule has 0 radical (unpaired) electrons. The molecule has 1 aliphatic heterocycles. The van der Waals surface area contributed by atoms with Crippen molar-refractivity contribution < 1.29 is 4.39 Å². The number of aryl methyl sites for hydroxylation is 1. The van der Waals surface area contributed by atoms with Gasteiger partial charge >= 0.3 is 0 Å². The van der Waals surface area contributed by atoms with Crippen molar-refractivity contribution >= 4 is 16.6 Å². The molecule has 2 aromatic heterocycles. The quantitative estimate of drug-likeness (QED) is 0.698. The second-order valence-corrected chi connectivity index (χ2v) is 7.82. The first-order valence-electron chi connectivity index (χ1n) is 10.1. The van der Waals surface area contributed by atoms with Crippen LogP contribution in [0.5, 0.6) is 0 Å². The highest BCUT2D eigenvalue weighted by atomic mass is 19.1. The van der Waals surface area contributed by atoms with Crippen molar-refractivity contribution in [1.29, 1.82) is 0 Å². The van der Waals surface area contributed by atoms with Crippen molar-refractivity contribution in [2.75, 3.05) is 31.6 Å². The van der Waals surface area contributed by atoms with Crippen LogP contribution in [0, 0.1) is 5.92 Å². The number of nitrogens with one attached hydrogen (secondary N) is 1. The van der Waals surface area contributed by atoms with Gasteiger partial charge in [-0.15, -0.1) is 0 Å². The molecule has 1 unspecified atom stereocenters. The fraction of sp³-hybridized carbons (Fsp3) is 0.455. The molecule has 1 atom stereocenters. The highest BCUT2D eigenvalue weighted by Gasteiger charge is 2.23. The third-order valence-corrected chi connectivity index (χ3v) is 5.95. The SMILES string of the molecule is CC(Nc1cc2cc(-c3cncn3C)ccc2cn1)C1CCN(CCF)CC1. The van der Waals surface area contributed by atoms with Gasteiger partial charge in [-0.2, -0.15) is 0 Å². The van der Waals surface area contributed by atoms with E-state index in [9.17, 15) is 4.39 Å². The Labute approximate surface area is 165 Å². The molecule has 1 fully saturated rings. The molecule has 1 aromatic carbocycles. The number of benzene rings is 1. The van der Waals surface area contributed by atoms with Crippen molar-refractivity contribution in [3.05, 3.63) is 43.0 Å². The first-order valence-corrected chi connectivity index (χ1v) is 10.1. The standard InChI is InChI=1S/C22H28FN5/c1-16(17-5-8-28(9-6-17)10-7-23)26-22-12-20-11-18(3-4-19(20)13-25-22)21-14-24-15-27(21)2/h3-4,11-17H,5-10H2,1-2H3,(H,25,26). The molecule has 148 valence electrons. The average Bonchev–Trinajstić information content (AvgIpc) is 3.14. The average molecular weight is 381 g/mol. The van der Waals surface area contributed by atoms with E-state index in [0.717, 1.165) is 48.4 Å². The van der Waals surface area contributed by atoms with Gasteiger partial charge in [-0.25, -0.2) is 14.4 Å². The maximum atomic E-state index is 12.5. The predicted molar refractivity (Wildman–Crippen MR) is 112 cm³/mol. The summed E-state index contributed by atoms with van der Waals surface area (Å²) in [4.78, 5) is 11.0. The number of aromatic nitrogens is 3. The summed E-state index contributed by atoms with van der Waals surface area (Å²) in [6.45, 7) is 4.52. The molecular formula is C22H28FN5. The third-order valence-electron chi connectivity index (χ3n) is 5.95. The number of alkyl halides is 1. The molecule has 4 rings (SSSR count). The topological polar surface area (TPSA) is 46.0 Å². The predicted octanol–water partition coefficient (Wildman–Crippen LogP) is 4.12. The highest BCUT2D eigenvalue weighted by molar-refractivity contribution is 5.88. The van der Waals surface area contributed by atoms with Gasteiger partial charge in [0.15, 0.2) is 0 Å². The molecule has 1 N–H and O–H groups in total. The number of pyridine rings is 1. The summed E-state index contributed by atoms with van der Waals surface area (Å²) in [5.74, 6) is 1.50. The van der Waals surface area contributed by atoms with Gasteiger partial charge in [0.1, 0.15) is 12.5 Å². The molecule has 5 nitrogen and oxygen atoms in total. The number of hydrogen-bond acceptors (Lipinski definition) is 4. The van der Waals surface area contributed by atoms with E-state index in [0.29, 0.717) is 18.5 Å². The Bertz CT molecular complexity index is 930. The molecule has 0 bridgehead atoms. The maximum absolute atomic E-state index is 12.5. The Morgan fingerprint density at radius 2 is 2.00 bits per heavy atom. The van der Waals surface area contributed by atoms with Gasteiger partial charge in [0.25, 0.3) is 0 Å². The van der Waals surface area contributed by atoms with E-state index >= 15 is 0 Å². The zero-order valence-electron chi connectivity index (χ0n) is 16.6. The number of rotatable bonds is 6. The monoisotopic (exact) mass is 381 g/mol. The lowest BCUT2D eigenvalue weighted by Gasteiger charge is -2.34. The molecule has 0 aliphatic carbocycles. The zero-order valence-corrected chi connectivity index (χ0v) is 16.6. The third kappa shape index (κ3) is 4.02. The van der Waals surface area contributed by atoms with Crippen LogP contribution in [-0.4, -0.2) is 51.8 Å². The van der Waals surface area contributed by atoms with Crippen molar-refractivity contribution in [1.82, 2.24) is 19.4 Å². The molecule has 3 heterocycles. The fourth-order valence-electron chi connectivity index (χ4n) is 4.16. The van der Waals surface area contributed by atoms with Crippen LogP contribution in [0.15, 0.2) is 43.0 Å². The molecule has 6 heteroatoms. The number of anilines is 1. The van der Waals surface area contributed by atoms with Gasteiger partial charge < -0.3 is 14.8 Å². The Morgan fingerprint density at radius 3 is 2.71 bits per heavy atom. The molecule has 0 spiro atoms. The lowest BCUT2D eigenvalue weighted by molar-refractivity contribution is 0.165. The van der Waals surface area contributed by atoms with Crippen LogP contribution in [-0.2, 0) is 7.05 Å². The van der Waals surface area contributed by atoms with E-state index in [-0.39, 0.29) is 6.67 Å². The zero-order chi connectivity index (χ0) is 19.5. The van der Waals surface area contributed by atoms with Crippen molar-refractivity contribution in [3.8, 4) is 11.3 Å². The lowest BCUT2D eigenvalue weighted by Crippen LogP contribution is -2.40. The molecule has 1 saturated heterocycles. The van der Waals surface area contributed by atoms with E-state index in [1.807, 2.05) is 30.3 Å². The summed E-state index contributed by atoms with van der Waals surface area (Å²) < 4.78 is 14.5. The second kappa shape index (κ2) is 8.27. The highest BCUT2D eigenvalue weighted by Crippen LogP contribution is 2.27. The van der Waals surface area contributed by atoms with E-state index in [1.54, 1.807) is 0 Å². The summed E-state index contributed by atoms with van der Waals surface area (Å²) in [5.41, 5.74) is 2.25. The van der Waals surface area contributed by atoms with Crippen molar-refractivity contribution in [3.63, 3.8) is 0 Å². The number of halogens is 1. The van der Waals surface area contributed by atoms with Gasteiger partial charge in [0.2, 0.25) is 0 Å². The van der Waals surface area contributed by atoms with E-state index in [1.165, 1.54) is 5.39 Å². The Hall–Kier alpha value is -2.47. The molecule has 0 amide bonds. The van der Waals surface area contributed by atoms with Crippen LogP contribution >= 0.6 is 0 Å². The minimum Gasteiger partial charge on any atom is -0.367 e.